The first-order valence-electron chi connectivity index (χ1n) is 6.81. The van der Waals surface area contributed by atoms with Crippen LogP contribution in [0.4, 0.5) is 10.2 Å². The van der Waals surface area contributed by atoms with Gasteiger partial charge in [-0.2, -0.15) is 5.10 Å². The SMILES string of the molecule is CCN(Cc1cccc(F)c1)c1ncnc2c1cnn2C. The molecule has 6 heteroatoms. The van der Waals surface area contributed by atoms with Gasteiger partial charge in [0.15, 0.2) is 5.65 Å². The van der Waals surface area contributed by atoms with E-state index in [0.29, 0.717) is 6.54 Å². The van der Waals surface area contributed by atoms with Crippen LogP contribution in [-0.4, -0.2) is 26.3 Å². The van der Waals surface area contributed by atoms with Crippen LogP contribution in [0.2, 0.25) is 0 Å². The van der Waals surface area contributed by atoms with E-state index in [0.717, 1.165) is 29.0 Å². The Bertz CT molecular complexity index is 768. The maximum Gasteiger partial charge on any atom is 0.163 e. The number of benzene rings is 1. The third-order valence-corrected chi connectivity index (χ3v) is 3.45. The van der Waals surface area contributed by atoms with E-state index < -0.39 is 0 Å². The summed E-state index contributed by atoms with van der Waals surface area (Å²) in [5.74, 6) is 0.595. The van der Waals surface area contributed by atoms with Gasteiger partial charge in [-0.05, 0) is 24.6 Å². The average molecular weight is 285 g/mol. The molecule has 0 bridgehead atoms. The van der Waals surface area contributed by atoms with Gasteiger partial charge in [0.2, 0.25) is 0 Å². The molecule has 3 rings (SSSR count). The van der Waals surface area contributed by atoms with Gasteiger partial charge in [-0.25, -0.2) is 14.4 Å². The van der Waals surface area contributed by atoms with Gasteiger partial charge in [-0.15, -0.1) is 0 Å². The molecule has 0 aliphatic rings. The molecule has 1 aromatic carbocycles. The zero-order valence-electron chi connectivity index (χ0n) is 12.0. The van der Waals surface area contributed by atoms with Gasteiger partial charge < -0.3 is 4.90 Å². The summed E-state index contributed by atoms with van der Waals surface area (Å²) in [4.78, 5) is 10.7. The van der Waals surface area contributed by atoms with Crippen LogP contribution in [0.1, 0.15) is 12.5 Å². The molecule has 0 radical (unpaired) electrons. The highest BCUT2D eigenvalue weighted by molar-refractivity contribution is 5.86. The van der Waals surface area contributed by atoms with Crippen LogP contribution in [-0.2, 0) is 13.6 Å². The summed E-state index contributed by atoms with van der Waals surface area (Å²) in [6.07, 6.45) is 3.30. The molecule has 21 heavy (non-hydrogen) atoms. The van der Waals surface area contributed by atoms with Gasteiger partial charge in [0, 0.05) is 20.1 Å². The monoisotopic (exact) mass is 285 g/mol. The second-order valence-corrected chi connectivity index (χ2v) is 4.85. The minimum atomic E-state index is -0.224. The average Bonchev–Trinajstić information content (AvgIpc) is 2.87. The van der Waals surface area contributed by atoms with Gasteiger partial charge in [0.05, 0.1) is 11.6 Å². The molecule has 0 fully saturated rings. The van der Waals surface area contributed by atoms with Crippen molar-refractivity contribution in [2.45, 2.75) is 13.5 Å². The number of anilines is 1. The van der Waals surface area contributed by atoms with E-state index in [1.54, 1.807) is 23.0 Å². The van der Waals surface area contributed by atoms with Gasteiger partial charge in [-0.3, -0.25) is 4.68 Å². The van der Waals surface area contributed by atoms with Crippen LogP contribution < -0.4 is 4.90 Å². The van der Waals surface area contributed by atoms with Crippen molar-refractivity contribution in [3.05, 3.63) is 48.2 Å². The van der Waals surface area contributed by atoms with E-state index >= 15 is 0 Å². The van der Waals surface area contributed by atoms with Crippen molar-refractivity contribution in [3.8, 4) is 0 Å². The normalized spacial score (nSPS) is 11.0. The van der Waals surface area contributed by atoms with E-state index in [4.69, 9.17) is 0 Å². The summed E-state index contributed by atoms with van der Waals surface area (Å²) in [5.41, 5.74) is 1.70. The van der Waals surface area contributed by atoms with E-state index in [9.17, 15) is 4.39 Å². The predicted molar refractivity (Wildman–Crippen MR) is 79.4 cm³/mol. The number of aryl methyl sites for hydroxylation is 1. The molecule has 0 unspecified atom stereocenters. The van der Waals surface area contributed by atoms with Crippen molar-refractivity contribution in [2.75, 3.05) is 11.4 Å². The van der Waals surface area contributed by atoms with Gasteiger partial charge >= 0.3 is 0 Å². The second kappa shape index (κ2) is 5.47. The van der Waals surface area contributed by atoms with Crippen molar-refractivity contribution in [1.29, 1.82) is 0 Å². The Hall–Kier alpha value is -2.50. The number of aromatic nitrogens is 4. The Labute approximate surface area is 122 Å². The summed E-state index contributed by atoms with van der Waals surface area (Å²) in [6.45, 7) is 3.40. The Morgan fingerprint density at radius 1 is 1.29 bits per heavy atom. The molecule has 2 aromatic heterocycles. The fourth-order valence-electron chi connectivity index (χ4n) is 2.39. The standard InChI is InChI=1S/C15H16FN5/c1-3-21(9-11-5-4-6-12(16)7-11)15-13-8-19-20(2)14(13)17-10-18-15/h4-8,10H,3,9H2,1-2H3. The molecule has 0 atom stereocenters. The van der Waals surface area contributed by atoms with Crippen molar-refractivity contribution in [3.63, 3.8) is 0 Å². The first-order chi connectivity index (χ1) is 10.2. The summed E-state index contributed by atoms with van der Waals surface area (Å²) >= 11 is 0. The number of fused-ring (bicyclic) bond motifs is 1. The van der Waals surface area contributed by atoms with Crippen LogP contribution >= 0.6 is 0 Å². The zero-order chi connectivity index (χ0) is 14.8. The molecular formula is C15H16FN5. The van der Waals surface area contributed by atoms with Crippen LogP contribution in [0.15, 0.2) is 36.8 Å². The van der Waals surface area contributed by atoms with Crippen LogP contribution in [0.25, 0.3) is 11.0 Å². The van der Waals surface area contributed by atoms with Gasteiger partial charge in [0.1, 0.15) is 18.0 Å². The first-order valence-corrected chi connectivity index (χ1v) is 6.81. The minimum absolute atomic E-state index is 0.224. The summed E-state index contributed by atoms with van der Waals surface area (Å²) < 4.78 is 15.0. The number of nitrogens with zero attached hydrogens (tertiary/aromatic N) is 5. The van der Waals surface area contributed by atoms with E-state index in [1.807, 2.05) is 20.0 Å². The number of rotatable bonds is 4. The number of halogens is 1. The smallest absolute Gasteiger partial charge is 0.163 e. The molecule has 0 saturated heterocycles. The largest absolute Gasteiger partial charge is 0.352 e. The molecule has 2 heterocycles. The summed E-state index contributed by atoms with van der Waals surface area (Å²) in [7, 11) is 1.85. The van der Waals surface area contributed by atoms with Crippen LogP contribution in [0.3, 0.4) is 0 Å². The molecule has 5 nitrogen and oxygen atoms in total. The van der Waals surface area contributed by atoms with E-state index in [-0.39, 0.29) is 5.82 Å². The van der Waals surface area contributed by atoms with Crippen molar-refractivity contribution < 1.29 is 4.39 Å². The zero-order valence-corrected chi connectivity index (χ0v) is 12.0. The molecule has 0 spiro atoms. The highest BCUT2D eigenvalue weighted by atomic mass is 19.1. The maximum atomic E-state index is 13.3. The molecule has 0 aliphatic heterocycles. The molecular weight excluding hydrogens is 269 g/mol. The Kier molecular flexibility index (Phi) is 3.51. The maximum absolute atomic E-state index is 13.3. The highest BCUT2D eigenvalue weighted by Gasteiger charge is 2.14. The van der Waals surface area contributed by atoms with Crippen molar-refractivity contribution in [1.82, 2.24) is 19.7 Å². The lowest BCUT2D eigenvalue weighted by atomic mass is 10.2. The molecule has 3 aromatic rings. The molecule has 0 saturated carbocycles. The topological polar surface area (TPSA) is 46.8 Å². The summed E-state index contributed by atoms with van der Waals surface area (Å²) in [5, 5.41) is 5.12. The Morgan fingerprint density at radius 2 is 2.14 bits per heavy atom. The van der Waals surface area contributed by atoms with Crippen molar-refractivity contribution in [2.24, 2.45) is 7.05 Å². The fraction of sp³-hybridized carbons (Fsp3) is 0.267. The molecule has 0 N–H and O–H groups in total. The molecule has 0 amide bonds. The van der Waals surface area contributed by atoms with Crippen molar-refractivity contribution >= 4 is 16.9 Å². The number of hydrogen-bond acceptors (Lipinski definition) is 4. The van der Waals surface area contributed by atoms with E-state index in [1.165, 1.54) is 12.4 Å². The lowest BCUT2D eigenvalue weighted by Crippen LogP contribution is -2.23. The highest BCUT2D eigenvalue weighted by Crippen LogP contribution is 2.23. The lowest BCUT2D eigenvalue weighted by molar-refractivity contribution is 0.624. The van der Waals surface area contributed by atoms with Crippen LogP contribution in [0.5, 0.6) is 0 Å². The third kappa shape index (κ3) is 2.56. The van der Waals surface area contributed by atoms with Gasteiger partial charge in [-0.1, -0.05) is 12.1 Å². The summed E-state index contributed by atoms with van der Waals surface area (Å²) in [6, 6.07) is 6.62. The Morgan fingerprint density at radius 3 is 2.90 bits per heavy atom. The minimum Gasteiger partial charge on any atom is -0.352 e. The second-order valence-electron chi connectivity index (χ2n) is 4.85. The number of hydrogen-bond donors (Lipinski definition) is 0. The Balaban J connectivity index is 1.98. The van der Waals surface area contributed by atoms with Gasteiger partial charge in [0.25, 0.3) is 0 Å². The third-order valence-electron chi connectivity index (χ3n) is 3.45. The molecule has 108 valence electrons. The van der Waals surface area contributed by atoms with E-state index in [2.05, 4.69) is 20.0 Å². The lowest BCUT2D eigenvalue weighted by Gasteiger charge is -2.22. The fourth-order valence-corrected chi connectivity index (χ4v) is 2.39. The van der Waals surface area contributed by atoms with Crippen LogP contribution in [0, 0.1) is 5.82 Å². The first kappa shape index (κ1) is 13.5. The quantitative estimate of drug-likeness (QED) is 0.739. The molecule has 0 aliphatic carbocycles. The predicted octanol–water partition coefficient (Wildman–Crippen LogP) is 2.53.